The molecule has 0 unspecified atom stereocenters. The van der Waals surface area contributed by atoms with Crippen molar-refractivity contribution in [1.82, 2.24) is 9.78 Å². The van der Waals surface area contributed by atoms with E-state index < -0.39 is 16.6 Å². The summed E-state index contributed by atoms with van der Waals surface area (Å²) >= 11 is 9.70. The highest BCUT2D eigenvalue weighted by atomic mass is 35.5. The first-order valence-electron chi connectivity index (χ1n) is 6.91. The summed E-state index contributed by atoms with van der Waals surface area (Å²) in [5.74, 6) is -0.449. The summed E-state index contributed by atoms with van der Waals surface area (Å²) in [6.45, 7) is 0.332. The molecule has 0 fully saturated rings. The summed E-state index contributed by atoms with van der Waals surface area (Å²) in [6.07, 6.45) is -4.45. The van der Waals surface area contributed by atoms with Crippen LogP contribution in [0.25, 0.3) is 10.9 Å². The van der Waals surface area contributed by atoms with E-state index in [4.69, 9.17) is 23.2 Å². The summed E-state index contributed by atoms with van der Waals surface area (Å²) in [4.78, 5) is 0. The van der Waals surface area contributed by atoms with Gasteiger partial charge in [-0.1, -0.05) is 65.7 Å². The molecule has 0 saturated carbocycles. The molecule has 0 amide bonds. The van der Waals surface area contributed by atoms with Crippen LogP contribution in [0.1, 0.15) is 5.56 Å². The highest BCUT2D eigenvalue weighted by Crippen LogP contribution is 2.42. The second kappa shape index (κ2) is 6.18. The lowest BCUT2D eigenvalue weighted by Gasteiger charge is -2.21. The average molecular weight is 375 g/mol. The average Bonchev–Trinajstić information content (AvgIpc) is 2.85. The van der Waals surface area contributed by atoms with Crippen LogP contribution in [0.4, 0.5) is 13.2 Å². The van der Waals surface area contributed by atoms with Crippen molar-refractivity contribution in [2.24, 2.45) is 0 Å². The number of alkyl halides is 5. The Labute approximate surface area is 145 Å². The Bertz CT molecular complexity index is 847. The van der Waals surface area contributed by atoms with Crippen LogP contribution >= 0.6 is 23.2 Å². The highest BCUT2D eigenvalue weighted by molar-refractivity contribution is 6.47. The first kappa shape index (κ1) is 16.9. The second-order valence-electron chi connectivity index (χ2n) is 5.08. The van der Waals surface area contributed by atoms with E-state index in [9.17, 15) is 13.2 Å². The van der Waals surface area contributed by atoms with Gasteiger partial charge in [0.25, 0.3) is 0 Å². The summed E-state index contributed by atoms with van der Waals surface area (Å²) < 4.78 is 42.6. The van der Waals surface area contributed by atoms with Crippen molar-refractivity contribution in [3.8, 4) is 5.88 Å². The molecule has 24 heavy (non-hydrogen) atoms. The molecule has 0 radical (unpaired) electrons. The van der Waals surface area contributed by atoms with Gasteiger partial charge in [0.05, 0.1) is 17.4 Å². The molecule has 0 atom stereocenters. The first-order chi connectivity index (χ1) is 11.3. The van der Waals surface area contributed by atoms with E-state index >= 15 is 0 Å². The predicted molar refractivity (Wildman–Crippen MR) is 86.4 cm³/mol. The summed E-state index contributed by atoms with van der Waals surface area (Å²) in [6, 6.07) is 15.9. The van der Waals surface area contributed by atoms with Gasteiger partial charge in [0.1, 0.15) is 0 Å². The van der Waals surface area contributed by atoms with Crippen molar-refractivity contribution in [1.29, 1.82) is 0 Å². The minimum Gasteiger partial charge on any atom is -0.408 e. The molecule has 3 rings (SSSR count). The third-order valence-electron chi connectivity index (χ3n) is 3.35. The zero-order chi connectivity index (χ0) is 17.4. The summed E-state index contributed by atoms with van der Waals surface area (Å²) in [5, 5.41) is 4.31. The van der Waals surface area contributed by atoms with E-state index in [0.717, 1.165) is 5.56 Å². The number of para-hydroxylation sites is 1. The quantitative estimate of drug-likeness (QED) is 0.577. The molecule has 1 heterocycles. The van der Waals surface area contributed by atoms with E-state index in [2.05, 4.69) is 9.84 Å². The molecule has 126 valence electrons. The SMILES string of the molecule is FC(Cl)(Cl)C(F)(F)Oc1nn(Cc2ccccc2)c2ccccc12. The van der Waals surface area contributed by atoms with Crippen LogP contribution in [0.3, 0.4) is 0 Å². The molecule has 0 aliphatic rings. The molecular formula is C16H11Cl2F3N2O. The van der Waals surface area contributed by atoms with E-state index in [-0.39, 0.29) is 0 Å². The monoisotopic (exact) mass is 374 g/mol. The lowest BCUT2D eigenvalue weighted by molar-refractivity contribution is -0.213. The van der Waals surface area contributed by atoms with Gasteiger partial charge in [-0.15, -0.1) is 5.10 Å². The number of rotatable bonds is 5. The molecule has 3 nitrogen and oxygen atoms in total. The maximum atomic E-state index is 13.7. The molecule has 1 aromatic heterocycles. The lowest BCUT2D eigenvalue weighted by atomic mass is 10.2. The Balaban J connectivity index is 2.01. The molecular weight excluding hydrogens is 364 g/mol. The number of hydrogen-bond donors (Lipinski definition) is 0. The topological polar surface area (TPSA) is 27.1 Å². The van der Waals surface area contributed by atoms with Crippen LogP contribution in [0, 0.1) is 0 Å². The number of fused-ring (bicyclic) bond motifs is 1. The number of aromatic nitrogens is 2. The maximum absolute atomic E-state index is 13.7. The van der Waals surface area contributed by atoms with Crippen LogP contribution in [0.5, 0.6) is 5.88 Å². The Kier molecular flexibility index (Phi) is 4.36. The smallest absolute Gasteiger partial charge is 0.408 e. The van der Waals surface area contributed by atoms with Gasteiger partial charge in [0.2, 0.25) is 5.88 Å². The van der Waals surface area contributed by atoms with Gasteiger partial charge in [-0.3, -0.25) is 4.68 Å². The van der Waals surface area contributed by atoms with E-state index in [1.54, 1.807) is 18.2 Å². The number of benzene rings is 2. The van der Waals surface area contributed by atoms with Crippen LogP contribution < -0.4 is 4.74 Å². The van der Waals surface area contributed by atoms with Gasteiger partial charge in [0.15, 0.2) is 0 Å². The fourth-order valence-electron chi connectivity index (χ4n) is 2.23. The highest BCUT2D eigenvalue weighted by Gasteiger charge is 2.56. The molecule has 2 aromatic carbocycles. The molecule has 0 aliphatic carbocycles. The van der Waals surface area contributed by atoms with Crippen molar-refractivity contribution in [3.63, 3.8) is 0 Å². The Morgan fingerprint density at radius 1 is 0.958 bits per heavy atom. The summed E-state index contributed by atoms with van der Waals surface area (Å²) in [7, 11) is 0. The zero-order valence-corrected chi connectivity index (χ0v) is 13.6. The first-order valence-corrected chi connectivity index (χ1v) is 7.66. The van der Waals surface area contributed by atoms with Gasteiger partial charge in [0, 0.05) is 0 Å². The Morgan fingerprint density at radius 3 is 2.25 bits per heavy atom. The zero-order valence-electron chi connectivity index (χ0n) is 12.1. The van der Waals surface area contributed by atoms with Crippen molar-refractivity contribution in [3.05, 3.63) is 60.2 Å². The van der Waals surface area contributed by atoms with E-state index in [1.807, 2.05) is 30.3 Å². The van der Waals surface area contributed by atoms with E-state index in [1.165, 1.54) is 10.7 Å². The number of hydrogen-bond acceptors (Lipinski definition) is 2. The molecule has 0 N–H and O–H groups in total. The molecule has 0 bridgehead atoms. The minimum absolute atomic E-state index is 0.297. The number of nitrogens with zero attached hydrogens (tertiary/aromatic N) is 2. The van der Waals surface area contributed by atoms with Gasteiger partial charge in [-0.05, 0) is 17.7 Å². The summed E-state index contributed by atoms with van der Waals surface area (Å²) in [5.41, 5.74) is 1.47. The van der Waals surface area contributed by atoms with Crippen molar-refractivity contribution < 1.29 is 17.9 Å². The second-order valence-corrected chi connectivity index (χ2v) is 6.32. The van der Waals surface area contributed by atoms with E-state index in [0.29, 0.717) is 17.4 Å². The molecule has 0 saturated heterocycles. The van der Waals surface area contributed by atoms with Gasteiger partial charge >= 0.3 is 10.7 Å². The fraction of sp³-hybridized carbons (Fsp3) is 0.188. The molecule has 0 aliphatic heterocycles. The molecule has 8 heteroatoms. The Hall–Kier alpha value is -1.92. The van der Waals surface area contributed by atoms with Crippen LogP contribution in [0.2, 0.25) is 0 Å². The normalized spacial score (nSPS) is 12.5. The third-order valence-corrected chi connectivity index (χ3v) is 3.79. The number of halogens is 5. The number of ether oxygens (including phenoxy) is 1. The fourth-order valence-corrected chi connectivity index (χ4v) is 2.31. The minimum atomic E-state index is -4.45. The van der Waals surface area contributed by atoms with Gasteiger partial charge in [-0.2, -0.15) is 13.2 Å². The van der Waals surface area contributed by atoms with Crippen molar-refractivity contribution in [2.75, 3.05) is 0 Å². The molecule has 0 spiro atoms. The molecule has 3 aromatic rings. The standard InChI is InChI=1S/C16H11Cl2F3N2O/c17-15(18,19)16(20,21)24-14-12-8-4-5-9-13(12)23(22-14)10-11-6-2-1-3-7-11/h1-9H,10H2. The van der Waals surface area contributed by atoms with Crippen molar-refractivity contribution in [2.45, 2.75) is 17.2 Å². The predicted octanol–water partition coefficient (Wildman–Crippen LogP) is 5.16. The Morgan fingerprint density at radius 2 is 1.58 bits per heavy atom. The van der Waals surface area contributed by atoms with Crippen LogP contribution in [-0.2, 0) is 6.54 Å². The van der Waals surface area contributed by atoms with Crippen LogP contribution in [0.15, 0.2) is 54.6 Å². The van der Waals surface area contributed by atoms with Crippen molar-refractivity contribution >= 4 is 34.1 Å². The van der Waals surface area contributed by atoms with Gasteiger partial charge < -0.3 is 4.74 Å². The largest absolute Gasteiger partial charge is 0.464 e. The maximum Gasteiger partial charge on any atom is 0.464 e. The third kappa shape index (κ3) is 3.30. The lowest BCUT2D eigenvalue weighted by Crippen LogP contribution is -2.40. The van der Waals surface area contributed by atoms with Crippen LogP contribution in [-0.4, -0.2) is 20.5 Å². The van der Waals surface area contributed by atoms with Gasteiger partial charge in [-0.25, -0.2) is 0 Å².